The molecule has 0 bridgehead atoms. The first-order valence-corrected chi connectivity index (χ1v) is 5.66. The summed E-state index contributed by atoms with van der Waals surface area (Å²) in [5.41, 5.74) is 1.62. The average molecular weight is 232 g/mol. The highest BCUT2D eigenvalue weighted by Crippen LogP contribution is 2.29. The third-order valence-corrected chi connectivity index (χ3v) is 2.89. The van der Waals surface area contributed by atoms with Gasteiger partial charge in [0, 0.05) is 16.9 Å². The van der Waals surface area contributed by atoms with Gasteiger partial charge in [0.15, 0.2) is 5.76 Å². The fourth-order valence-electron chi connectivity index (χ4n) is 1.82. The quantitative estimate of drug-likeness (QED) is 0.759. The second-order valence-electron chi connectivity index (χ2n) is 4.44. The lowest BCUT2D eigenvalue weighted by Crippen LogP contribution is -2.07. The van der Waals surface area contributed by atoms with Crippen LogP contribution in [0.3, 0.4) is 0 Å². The second kappa shape index (κ2) is 4.24. The van der Waals surface area contributed by atoms with Gasteiger partial charge in [-0.2, -0.15) is 0 Å². The number of rotatable bonds is 3. The SMILES string of the molecule is COc1ccc2oc(C(=O)C(C)C)c(C)c2c1. The molecule has 0 amide bonds. The molecular weight excluding hydrogens is 216 g/mol. The molecule has 90 valence electrons. The van der Waals surface area contributed by atoms with Crippen LogP contribution in [0.25, 0.3) is 11.0 Å². The number of fused-ring (bicyclic) bond motifs is 1. The Morgan fingerprint density at radius 1 is 1.35 bits per heavy atom. The Morgan fingerprint density at radius 2 is 2.06 bits per heavy atom. The van der Waals surface area contributed by atoms with Gasteiger partial charge >= 0.3 is 0 Å². The number of carbonyl (C=O) groups excluding carboxylic acids is 1. The number of benzene rings is 1. The van der Waals surface area contributed by atoms with E-state index in [0.29, 0.717) is 5.76 Å². The normalized spacial score (nSPS) is 11.1. The smallest absolute Gasteiger partial charge is 0.200 e. The highest BCUT2D eigenvalue weighted by atomic mass is 16.5. The summed E-state index contributed by atoms with van der Waals surface area (Å²) in [6.07, 6.45) is 0. The van der Waals surface area contributed by atoms with E-state index in [-0.39, 0.29) is 11.7 Å². The van der Waals surface area contributed by atoms with E-state index in [2.05, 4.69) is 0 Å². The molecule has 2 aromatic rings. The minimum atomic E-state index is -0.0591. The Bertz CT molecular complexity index is 564. The summed E-state index contributed by atoms with van der Waals surface area (Å²) >= 11 is 0. The van der Waals surface area contributed by atoms with Crippen LogP contribution in [0.1, 0.15) is 30.0 Å². The van der Waals surface area contributed by atoms with Gasteiger partial charge in [0.05, 0.1) is 7.11 Å². The molecule has 0 aliphatic carbocycles. The van der Waals surface area contributed by atoms with Crippen molar-refractivity contribution in [1.29, 1.82) is 0 Å². The lowest BCUT2D eigenvalue weighted by Gasteiger charge is -2.00. The van der Waals surface area contributed by atoms with E-state index in [9.17, 15) is 4.79 Å². The molecule has 1 heterocycles. The van der Waals surface area contributed by atoms with Crippen LogP contribution < -0.4 is 4.74 Å². The van der Waals surface area contributed by atoms with Gasteiger partial charge in [0.25, 0.3) is 0 Å². The van der Waals surface area contributed by atoms with Crippen LogP contribution in [0.5, 0.6) is 5.75 Å². The lowest BCUT2D eigenvalue weighted by molar-refractivity contribution is 0.0912. The van der Waals surface area contributed by atoms with Crippen LogP contribution >= 0.6 is 0 Å². The number of ketones is 1. The van der Waals surface area contributed by atoms with Crippen LogP contribution in [0.15, 0.2) is 22.6 Å². The Labute approximate surface area is 100 Å². The van der Waals surface area contributed by atoms with Crippen LogP contribution in [-0.4, -0.2) is 12.9 Å². The number of methoxy groups -OCH3 is 1. The predicted molar refractivity (Wildman–Crippen MR) is 66.7 cm³/mol. The van der Waals surface area contributed by atoms with E-state index in [0.717, 1.165) is 22.3 Å². The molecule has 1 aromatic heterocycles. The second-order valence-corrected chi connectivity index (χ2v) is 4.44. The zero-order valence-electron chi connectivity index (χ0n) is 10.5. The van der Waals surface area contributed by atoms with Crippen molar-refractivity contribution in [3.63, 3.8) is 0 Å². The summed E-state index contributed by atoms with van der Waals surface area (Å²) < 4.78 is 10.8. The first kappa shape index (κ1) is 11.7. The molecular formula is C14H16O3. The molecule has 1 aromatic carbocycles. The first-order valence-electron chi connectivity index (χ1n) is 5.66. The van der Waals surface area contributed by atoms with Gasteiger partial charge in [-0.3, -0.25) is 4.79 Å². The molecule has 0 fully saturated rings. The summed E-state index contributed by atoms with van der Waals surface area (Å²) in [6, 6.07) is 5.55. The fraction of sp³-hybridized carbons (Fsp3) is 0.357. The van der Waals surface area contributed by atoms with Gasteiger partial charge in [-0.05, 0) is 25.1 Å². The third-order valence-electron chi connectivity index (χ3n) is 2.89. The maximum Gasteiger partial charge on any atom is 0.200 e. The van der Waals surface area contributed by atoms with Gasteiger partial charge in [0.2, 0.25) is 5.78 Å². The molecule has 0 saturated heterocycles. The molecule has 0 saturated carbocycles. The largest absolute Gasteiger partial charge is 0.497 e. The molecule has 0 aliphatic heterocycles. The topological polar surface area (TPSA) is 39.4 Å². The van der Waals surface area contributed by atoms with E-state index in [1.54, 1.807) is 7.11 Å². The van der Waals surface area contributed by atoms with Gasteiger partial charge < -0.3 is 9.15 Å². The minimum absolute atomic E-state index is 0.0395. The summed E-state index contributed by atoms with van der Waals surface area (Å²) in [5, 5.41) is 0.938. The van der Waals surface area contributed by atoms with E-state index >= 15 is 0 Å². The molecule has 0 aliphatic rings. The minimum Gasteiger partial charge on any atom is -0.497 e. The highest BCUT2D eigenvalue weighted by molar-refractivity contribution is 6.01. The molecule has 0 atom stereocenters. The Hall–Kier alpha value is -1.77. The van der Waals surface area contributed by atoms with Crippen molar-refractivity contribution in [2.24, 2.45) is 5.92 Å². The van der Waals surface area contributed by atoms with Gasteiger partial charge in [0.1, 0.15) is 11.3 Å². The predicted octanol–water partition coefficient (Wildman–Crippen LogP) is 3.59. The Balaban J connectivity index is 2.61. The lowest BCUT2D eigenvalue weighted by atomic mass is 10.0. The van der Waals surface area contributed by atoms with Gasteiger partial charge in [-0.1, -0.05) is 13.8 Å². The third kappa shape index (κ3) is 1.93. The van der Waals surface area contributed by atoms with Crippen molar-refractivity contribution < 1.29 is 13.9 Å². The number of furan rings is 1. The number of carbonyl (C=O) groups is 1. The first-order chi connectivity index (χ1) is 8.04. The maximum absolute atomic E-state index is 12.0. The number of hydrogen-bond acceptors (Lipinski definition) is 3. The summed E-state index contributed by atoms with van der Waals surface area (Å²) in [7, 11) is 1.62. The fourth-order valence-corrected chi connectivity index (χ4v) is 1.82. The molecule has 0 unspecified atom stereocenters. The van der Waals surface area contributed by atoms with Gasteiger partial charge in [-0.15, -0.1) is 0 Å². The molecule has 17 heavy (non-hydrogen) atoms. The summed E-state index contributed by atoms with van der Waals surface area (Å²) in [4.78, 5) is 12.0. The number of hydrogen-bond donors (Lipinski definition) is 0. The molecule has 2 rings (SSSR count). The van der Waals surface area contributed by atoms with Crippen molar-refractivity contribution in [2.45, 2.75) is 20.8 Å². The van der Waals surface area contributed by atoms with Crippen LogP contribution in [0.4, 0.5) is 0 Å². The van der Waals surface area contributed by atoms with Crippen molar-refractivity contribution in [1.82, 2.24) is 0 Å². The zero-order valence-corrected chi connectivity index (χ0v) is 10.5. The molecule has 3 nitrogen and oxygen atoms in total. The molecule has 0 radical (unpaired) electrons. The van der Waals surface area contributed by atoms with Crippen LogP contribution in [0, 0.1) is 12.8 Å². The van der Waals surface area contributed by atoms with Crippen LogP contribution in [0.2, 0.25) is 0 Å². The highest BCUT2D eigenvalue weighted by Gasteiger charge is 2.20. The summed E-state index contributed by atoms with van der Waals surface area (Å²) in [6.45, 7) is 5.64. The van der Waals surface area contributed by atoms with Crippen molar-refractivity contribution in [2.75, 3.05) is 7.11 Å². The van der Waals surface area contributed by atoms with Crippen molar-refractivity contribution >= 4 is 16.8 Å². The maximum atomic E-state index is 12.0. The zero-order chi connectivity index (χ0) is 12.6. The van der Waals surface area contributed by atoms with Crippen molar-refractivity contribution in [3.8, 4) is 5.75 Å². The number of aryl methyl sites for hydroxylation is 1. The van der Waals surface area contributed by atoms with Crippen molar-refractivity contribution in [3.05, 3.63) is 29.5 Å². The summed E-state index contributed by atoms with van der Waals surface area (Å²) in [5.74, 6) is 1.21. The van der Waals surface area contributed by atoms with E-state index in [1.165, 1.54) is 0 Å². The monoisotopic (exact) mass is 232 g/mol. The van der Waals surface area contributed by atoms with E-state index < -0.39 is 0 Å². The Morgan fingerprint density at radius 3 is 2.65 bits per heavy atom. The Kier molecular flexibility index (Phi) is 2.92. The van der Waals surface area contributed by atoms with E-state index in [1.807, 2.05) is 39.0 Å². The number of Topliss-reactive ketones (excluding diaryl/α,β-unsaturated/α-hetero) is 1. The van der Waals surface area contributed by atoms with E-state index in [4.69, 9.17) is 9.15 Å². The standard InChI is InChI=1S/C14H16O3/c1-8(2)13(15)14-9(3)11-7-10(16-4)5-6-12(11)17-14/h5-8H,1-4H3. The average Bonchev–Trinajstić information content (AvgIpc) is 2.65. The molecule has 3 heteroatoms. The number of ether oxygens (including phenoxy) is 1. The molecule has 0 spiro atoms. The van der Waals surface area contributed by atoms with Gasteiger partial charge in [-0.25, -0.2) is 0 Å². The van der Waals surface area contributed by atoms with Crippen LogP contribution in [-0.2, 0) is 0 Å². The molecule has 0 N–H and O–H groups in total.